The number of para-hydroxylation sites is 3. The van der Waals surface area contributed by atoms with Crippen molar-refractivity contribution in [2.24, 2.45) is 0 Å². The molecule has 14 aromatic carbocycles. The first-order valence-electron chi connectivity index (χ1n) is 34.3. The molecule has 94 heavy (non-hydrogen) atoms. The number of hydrogen-bond donors (Lipinski definition) is 0. The summed E-state index contributed by atoms with van der Waals surface area (Å²) >= 11 is 0. The zero-order valence-electron chi connectivity index (χ0n) is 54.0. The summed E-state index contributed by atoms with van der Waals surface area (Å²) in [7, 11) is 0. The molecule has 0 bridgehead atoms. The second kappa shape index (κ2) is 22.6. The molecule has 0 N–H and O–H groups in total. The van der Waals surface area contributed by atoms with Crippen molar-refractivity contribution in [3.05, 3.63) is 300 Å². The molecule has 0 spiro atoms. The molecular weight excluding hydrogens is 1140 g/mol. The molecule has 4 nitrogen and oxygen atoms in total. The summed E-state index contributed by atoms with van der Waals surface area (Å²) in [5.74, 6) is 0.453. The zero-order valence-corrected chi connectivity index (χ0v) is 54.0. The third kappa shape index (κ3) is 8.93. The van der Waals surface area contributed by atoms with E-state index in [0.29, 0.717) is 0 Å². The Hall–Kier alpha value is -10.7. The number of aryl methyl sites for hydroxylation is 2. The van der Waals surface area contributed by atoms with Crippen molar-refractivity contribution in [3.63, 3.8) is 0 Å². The molecule has 0 aliphatic heterocycles. The molecule has 0 saturated heterocycles. The summed E-state index contributed by atoms with van der Waals surface area (Å²) < 4.78 is 5.07. The molecule has 454 valence electrons. The maximum Gasteiger partial charge on any atom is 0.0782 e. The SMILES string of the molecule is CC(C)c1cc(N(c2ccc3c4ccccc4n(-c4cccc(-c5ccccc5)c4)c3c2)c2cccc3c2CCCC3)c2ccc3c(C(C)C)cc(N(c4cccc5c4CCCC5)c4cccc5c6ccccc6n(-c6cccc(-c7ccccc7)c6)c45)c4ccc1c2c34. The molecule has 0 unspecified atom stereocenters. The number of benzene rings is 14. The van der Waals surface area contributed by atoms with Gasteiger partial charge in [0.1, 0.15) is 0 Å². The van der Waals surface area contributed by atoms with E-state index in [1.165, 1.54) is 186 Å². The van der Waals surface area contributed by atoms with Gasteiger partial charge in [-0.1, -0.05) is 216 Å². The summed E-state index contributed by atoms with van der Waals surface area (Å²) in [6, 6.07) is 102. The van der Waals surface area contributed by atoms with Crippen LogP contribution in [0.15, 0.2) is 267 Å². The van der Waals surface area contributed by atoms with E-state index in [1.807, 2.05) is 0 Å². The predicted molar refractivity (Wildman–Crippen MR) is 401 cm³/mol. The van der Waals surface area contributed by atoms with Crippen molar-refractivity contribution in [1.82, 2.24) is 9.13 Å². The maximum atomic E-state index is 2.72. The van der Waals surface area contributed by atoms with Gasteiger partial charge < -0.3 is 18.9 Å². The average Bonchev–Trinajstić information content (AvgIpc) is 0.769. The molecule has 0 amide bonds. The summed E-state index contributed by atoms with van der Waals surface area (Å²) in [5, 5.41) is 12.8. The normalized spacial score (nSPS) is 13.4. The lowest BCUT2D eigenvalue weighted by Crippen LogP contribution is -2.17. The van der Waals surface area contributed by atoms with E-state index in [2.05, 4.69) is 314 Å². The molecular formula is C90H74N4. The van der Waals surface area contributed by atoms with Crippen molar-refractivity contribution in [2.45, 2.75) is 90.9 Å². The van der Waals surface area contributed by atoms with Gasteiger partial charge in [-0.05, 0) is 219 Å². The molecule has 16 aromatic rings. The summed E-state index contributed by atoms with van der Waals surface area (Å²) in [5.41, 5.74) is 27.8. The average molecular weight is 1210 g/mol. The van der Waals surface area contributed by atoms with Gasteiger partial charge in [0.25, 0.3) is 0 Å². The van der Waals surface area contributed by atoms with Gasteiger partial charge in [-0.3, -0.25) is 0 Å². The second-order valence-corrected chi connectivity index (χ2v) is 27.2. The summed E-state index contributed by atoms with van der Waals surface area (Å²) in [6.07, 6.45) is 9.02. The van der Waals surface area contributed by atoms with Crippen molar-refractivity contribution in [1.29, 1.82) is 0 Å². The number of nitrogens with zero attached hydrogens (tertiary/aromatic N) is 4. The van der Waals surface area contributed by atoms with Gasteiger partial charge in [0, 0.05) is 60.8 Å². The zero-order chi connectivity index (χ0) is 62.7. The fraction of sp³-hybridized carbons (Fsp3) is 0.156. The monoisotopic (exact) mass is 1210 g/mol. The van der Waals surface area contributed by atoms with E-state index >= 15 is 0 Å². The molecule has 2 aromatic heterocycles. The van der Waals surface area contributed by atoms with Gasteiger partial charge >= 0.3 is 0 Å². The van der Waals surface area contributed by atoms with Crippen LogP contribution in [0.25, 0.3) is 110 Å². The smallest absolute Gasteiger partial charge is 0.0782 e. The lowest BCUT2D eigenvalue weighted by atomic mass is 9.83. The van der Waals surface area contributed by atoms with Crippen LogP contribution in [0.1, 0.15) is 98.6 Å². The van der Waals surface area contributed by atoms with E-state index in [9.17, 15) is 0 Å². The topological polar surface area (TPSA) is 16.3 Å². The first-order valence-corrected chi connectivity index (χ1v) is 34.3. The van der Waals surface area contributed by atoms with Gasteiger partial charge in [0.15, 0.2) is 0 Å². The Labute approximate surface area is 550 Å². The standard InChI is InChI=1S/C90H74N4/c1-57(2)78-55-86(92(80-43-21-30-61-28-11-13-36-68(61)80)67-46-47-72-70-38-15-17-41-82(70)91(85(72)54-67)65-34-19-32-63(52-65)59-24-7-5-8-25-59)76-50-48-74-79(58(3)4)56-87(77-51-49-73(78)88(76)89(74)77)94(81-44-22-31-62-29-12-14-37-69(62)81)84-45-23-40-75-71-39-16-18-42-83(71)93(90(75)84)66-35-20-33-64(53-66)60-26-9-6-10-27-60/h5-10,15-27,30-35,38-58H,11-14,28-29,36-37H2,1-4H3. The van der Waals surface area contributed by atoms with Crippen molar-refractivity contribution in [2.75, 3.05) is 9.80 Å². The van der Waals surface area contributed by atoms with Gasteiger partial charge in [-0.25, -0.2) is 0 Å². The molecule has 0 saturated carbocycles. The van der Waals surface area contributed by atoms with E-state index in [4.69, 9.17) is 0 Å². The Morgan fingerprint density at radius 1 is 0.287 bits per heavy atom. The van der Waals surface area contributed by atoms with Gasteiger partial charge in [-0.2, -0.15) is 0 Å². The maximum absolute atomic E-state index is 2.72. The van der Waals surface area contributed by atoms with E-state index in [0.717, 1.165) is 42.7 Å². The Kier molecular flexibility index (Phi) is 13.5. The molecule has 0 fully saturated rings. The van der Waals surface area contributed by atoms with Crippen LogP contribution in [0.3, 0.4) is 0 Å². The van der Waals surface area contributed by atoms with Crippen LogP contribution in [-0.4, -0.2) is 9.13 Å². The first kappa shape index (κ1) is 56.1. The number of aromatic nitrogens is 2. The summed E-state index contributed by atoms with van der Waals surface area (Å²) in [6.45, 7) is 9.61. The van der Waals surface area contributed by atoms with E-state index in [1.54, 1.807) is 0 Å². The molecule has 2 aliphatic rings. The highest BCUT2D eigenvalue weighted by Crippen LogP contribution is 2.54. The van der Waals surface area contributed by atoms with Gasteiger partial charge in [0.2, 0.25) is 0 Å². The summed E-state index contributed by atoms with van der Waals surface area (Å²) in [4.78, 5) is 5.40. The number of hydrogen-bond acceptors (Lipinski definition) is 2. The number of rotatable bonds is 12. The second-order valence-electron chi connectivity index (χ2n) is 27.2. The largest absolute Gasteiger partial charge is 0.309 e. The van der Waals surface area contributed by atoms with Crippen LogP contribution in [0.5, 0.6) is 0 Å². The molecule has 2 aliphatic carbocycles. The minimum atomic E-state index is 0.223. The highest BCUT2D eigenvalue weighted by molar-refractivity contribution is 6.30. The van der Waals surface area contributed by atoms with Crippen LogP contribution in [0.2, 0.25) is 0 Å². The molecule has 2 heterocycles. The number of fused-ring (bicyclic) bond motifs is 8. The van der Waals surface area contributed by atoms with E-state index < -0.39 is 0 Å². The first-order chi connectivity index (χ1) is 46.3. The van der Waals surface area contributed by atoms with Crippen LogP contribution >= 0.6 is 0 Å². The fourth-order valence-electron chi connectivity index (χ4n) is 16.8. The van der Waals surface area contributed by atoms with E-state index in [-0.39, 0.29) is 11.8 Å². The lowest BCUT2D eigenvalue weighted by Gasteiger charge is -2.34. The molecule has 18 rings (SSSR count). The molecule has 0 radical (unpaired) electrons. The highest BCUT2D eigenvalue weighted by Gasteiger charge is 2.31. The third-order valence-electron chi connectivity index (χ3n) is 21.1. The lowest BCUT2D eigenvalue weighted by molar-refractivity contribution is 0.686. The van der Waals surface area contributed by atoms with Crippen LogP contribution in [0.4, 0.5) is 34.1 Å². The molecule has 0 atom stereocenters. The Balaban J connectivity index is 0.929. The predicted octanol–water partition coefficient (Wildman–Crippen LogP) is 25.1. The quantitative estimate of drug-likeness (QED) is 0.113. The number of anilines is 6. The van der Waals surface area contributed by atoms with Crippen LogP contribution in [-0.2, 0) is 25.7 Å². The van der Waals surface area contributed by atoms with Crippen molar-refractivity contribution >= 4 is 110 Å². The molecule has 4 heteroatoms. The Morgan fingerprint density at radius 2 is 0.713 bits per heavy atom. The minimum absolute atomic E-state index is 0.223. The van der Waals surface area contributed by atoms with Crippen molar-refractivity contribution < 1.29 is 0 Å². The Bertz CT molecular complexity index is 5650. The van der Waals surface area contributed by atoms with Crippen molar-refractivity contribution in [3.8, 4) is 33.6 Å². The highest BCUT2D eigenvalue weighted by atomic mass is 15.2. The van der Waals surface area contributed by atoms with Gasteiger partial charge in [-0.15, -0.1) is 0 Å². The third-order valence-corrected chi connectivity index (χ3v) is 21.1. The minimum Gasteiger partial charge on any atom is -0.309 e. The Morgan fingerprint density at radius 3 is 1.30 bits per heavy atom. The van der Waals surface area contributed by atoms with Crippen LogP contribution < -0.4 is 9.80 Å². The fourth-order valence-corrected chi connectivity index (χ4v) is 16.8. The van der Waals surface area contributed by atoms with Crippen LogP contribution in [0, 0.1) is 0 Å². The van der Waals surface area contributed by atoms with Gasteiger partial charge in [0.05, 0.1) is 39.1 Å².